The molecule has 1 aromatic carbocycles. The molecule has 0 bridgehead atoms. The third-order valence-corrected chi connectivity index (χ3v) is 5.25. The molecule has 1 fully saturated rings. The summed E-state index contributed by atoms with van der Waals surface area (Å²) in [5.41, 5.74) is -0.0376. The number of ketones is 1. The maximum Gasteiger partial charge on any atom is 0.292 e. The first kappa shape index (κ1) is 16.9. The lowest BCUT2D eigenvalue weighted by Crippen LogP contribution is -2.40. The zero-order valence-electron chi connectivity index (χ0n) is 11.0. The number of hydrogen-bond acceptors (Lipinski definition) is 2. The Hall–Kier alpha value is -0.480. The SMILES string of the molecule is O=C(NC1CCCCC1)C(=O)c1cc(Cl)c(Cl)c(Cl)c1Cl. The van der Waals surface area contributed by atoms with Crippen LogP contribution in [0.25, 0.3) is 0 Å². The molecule has 1 aliphatic carbocycles. The molecule has 0 unspecified atom stereocenters. The van der Waals surface area contributed by atoms with Crippen LogP contribution in [0.2, 0.25) is 20.1 Å². The molecule has 1 aromatic rings. The fourth-order valence-corrected chi connectivity index (χ4v) is 3.25. The molecule has 1 amide bonds. The van der Waals surface area contributed by atoms with Crippen LogP contribution in [0, 0.1) is 0 Å². The Morgan fingerprint density at radius 1 is 0.952 bits per heavy atom. The molecule has 0 heterocycles. The fraction of sp³-hybridized carbons (Fsp3) is 0.429. The Kier molecular flexibility index (Phi) is 5.78. The highest BCUT2D eigenvalue weighted by atomic mass is 35.5. The topological polar surface area (TPSA) is 46.2 Å². The van der Waals surface area contributed by atoms with E-state index in [4.69, 9.17) is 46.4 Å². The number of carbonyl (C=O) groups is 2. The average Bonchev–Trinajstić information content (AvgIpc) is 2.49. The van der Waals surface area contributed by atoms with Gasteiger partial charge < -0.3 is 5.32 Å². The van der Waals surface area contributed by atoms with Gasteiger partial charge in [0.2, 0.25) is 0 Å². The summed E-state index contributed by atoms with van der Waals surface area (Å²) >= 11 is 23.6. The van der Waals surface area contributed by atoms with Crippen LogP contribution < -0.4 is 5.32 Å². The second-order valence-corrected chi connectivity index (χ2v) is 6.53. The van der Waals surface area contributed by atoms with Gasteiger partial charge in [0.25, 0.3) is 11.7 Å². The predicted octanol–water partition coefficient (Wildman–Crippen LogP) is 4.93. The van der Waals surface area contributed by atoms with Crippen molar-refractivity contribution in [2.75, 3.05) is 0 Å². The smallest absolute Gasteiger partial charge is 0.292 e. The maximum absolute atomic E-state index is 12.2. The molecular weight excluding hydrogens is 356 g/mol. The molecule has 0 atom stereocenters. The summed E-state index contributed by atoms with van der Waals surface area (Å²) in [4.78, 5) is 24.2. The van der Waals surface area contributed by atoms with Crippen LogP contribution in [0.5, 0.6) is 0 Å². The van der Waals surface area contributed by atoms with Crippen LogP contribution in [-0.2, 0) is 4.79 Å². The van der Waals surface area contributed by atoms with Crippen LogP contribution in [0.3, 0.4) is 0 Å². The summed E-state index contributed by atoms with van der Waals surface area (Å²) in [6.45, 7) is 0. The van der Waals surface area contributed by atoms with E-state index in [1.54, 1.807) is 0 Å². The Labute approximate surface area is 142 Å². The monoisotopic (exact) mass is 367 g/mol. The Morgan fingerprint density at radius 3 is 2.19 bits per heavy atom. The molecule has 0 spiro atoms. The molecule has 21 heavy (non-hydrogen) atoms. The minimum atomic E-state index is -0.758. The maximum atomic E-state index is 12.2. The largest absolute Gasteiger partial charge is 0.346 e. The summed E-state index contributed by atoms with van der Waals surface area (Å²) in [5.74, 6) is -1.45. The molecular formula is C14H13Cl4NO2. The van der Waals surface area contributed by atoms with Crippen molar-refractivity contribution in [2.24, 2.45) is 0 Å². The molecule has 3 nitrogen and oxygen atoms in total. The highest BCUT2D eigenvalue weighted by Gasteiger charge is 2.25. The number of nitrogens with one attached hydrogen (secondary N) is 1. The number of benzene rings is 1. The van der Waals surface area contributed by atoms with Crippen molar-refractivity contribution >= 4 is 58.1 Å². The zero-order chi connectivity index (χ0) is 15.6. The normalized spacial score (nSPS) is 15.8. The quantitative estimate of drug-likeness (QED) is 0.355. The van der Waals surface area contributed by atoms with Crippen molar-refractivity contribution < 1.29 is 9.59 Å². The average molecular weight is 369 g/mol. The third-order valence-electron chi connectivity index (χ3n) is 3.49. The molecule has 0 radical (unpaired) electrons. The van der Waals surface area contributed by atoms with E-state index in [1.165, 1.54) is 6.07 Å². The van der Waals surface area contributed by atoms with E-state index in [0.29, 0.717) is 0 Å². The molecule has 2 rings (SSSR count). The molecule has 7 heteroatoms. The van der Waals surface area contributed by atoms with Crippen LogP contribution in [0.15, 0.2) is 6.07 Å². The number of hydrogen-bond donors (Lipinski definition) is 1. The number of amides is 1. The second-order valence-electron chi connectivity index (χ2n) is 4.99. The highest BCUT2D eigenvalue weighted by Crippen LogP contribution is 2.38. The summed E-state index contributed by atoms with van der Waals surface area (Å²) < 4.78 is 0. The van der Waals surface area contributed by atoms with Gasteiger partial charge in [-0.3, -0.25) is 9.59 Å². The standard InChI is InChI=1S/C14H13Cl4NO2/c15-9-6-8(10(16)12(18)11(9)17)13(20)14(21)19-7-4-2-1-3-5-7/h6-7H,1-5H2,(H,19,21). The van der Waals surface area contributed by atoms with Gasteiger partial charge in [0, 0.05) is 11.6 Å². The Balaban J connectivity index is 2.17. The minimum Gasteiger partial charge on any atom is -0.346 e. The summed E-state index contributed by atoms with van der Waals surface area (Å²) in [6, 6.07) is 1.30. The van der Waals surface area contributed by atoms with E-state index in [-0.39, 0.29) is 31.7 Å². The van der Waals surface area contributed by atoms with Crippen LogP contribution in [0.1, 0.15) is 42.5 Å². The summed E-state index contributed by atoms with van der Waals surface area (Å²) in [5, 5.41) is 2.79. The molecule has 0 aliphatic heterocycles. The minimum absolute atomic E-state index is 0.0281. The van der Waals surface area contributed by atoms with Gasteiger partial charge in [0.15, 0.2) is 0 Å². The first-order valence-corrected chi connectivity index (χ1v) is 8.11. The van der Waals surface area contributed by atoms with Gasteiger partial charge in [0.05, 0.1) is 20.1 Å². The van der Waals surface area contributed by atoms with E-state index in [9.17, 15) is 9.59 Å². The lowest BCUT2D eigenvalue weighted by atomic mass is 9.95. The van der Waals surface area contributed by atoms with Crippen molar-refractivity contribution in [1.29, 1.82) is 0 Å². The molecule has 0 aromatic heterocycles. The van der Waals surface area contributed by atoms with E-state index in [2.05, 4.69) is 5.32 Å². The lowest BCUT2D eigenvalue weighted by molar-refractivity contribution is -0.117. The van der Waals surface area contributed by atoms with Crippen molar-refractivity contribution in [2.45, 2.75) is 38.1 Å². The van der Waals surface area contributed by atoms with Crippen LogP contribution >= 0.6 is 46.4 Å². The number of rotatable bonds is 3. The molecule has 0 saturated heterocycles. The molecule has 1 N–H and O–H groups in total. The predicted molar refractivity (Wildman–Crippen MR) is 85.8 cm³/mol. The van der Waals surface area contributed by atoms with Crippen molar-refractivity contribution in [3.63, 3.8) is 0 Å². The van der Waals surface area contributed by atoms with Gasteiger partial charge in [-0.15, -0.1) is 0 Å². The number of halogens is 4. The summed E-state index contributed by atoms with van der Waals surface area (Å²) in [7, 11) is 0. The van der Waals surface area contributed by atoms with E-state index in [1.807, 2.05) is 0 Å². The van der Waals surface area contributed by atoms with Crippen molar-refractivity contribution in [3.8, 4) is 0 Å². The molecule has 114 valence electrons. The van der Waals surface area contributed by atoms with Gasteiger partial charge in [-0.1, -0.05) is 65.7 Å². The lowest BCUT2D eigenvalue weighted by Gasteiger charge is -2.22. The Morgan fingerprint density at radius 2 is 1.57 bits per heavy atom. The first-order chi connectivity index (χ1) is 9.91. The van der Waals surface area contributed by atoms with Gasteiger partial charge in [-0.25, -0.2) is 0 Å². The highest BCUT2D eigenvalue weighted by molar-refractivity contribution is 6.55. The zero-order valence-corrected chi connectivity index (χ0v) is 14.0. The van der Waals surface area contributed by atoms with Gasteiger partial charge in [-0.05, 0) is 18.9 Å². The first-order valence-electron chi connectivity index (χ1n) is 6.60. The summed E-state index contributed by atoms with van der Waals surface area (Å²) in [6.07, 6.45) is 5.04. The van der Waals surface area contributed by atoms with Crippen LogP contribution in [0.4, 0.5) is 0 Å². The van der Waals surface area contributed by atoms with E-state index >= 15 is 0 Å². The van der Waals surface area contributed by atoms with E-state index in [0.717, 1.165) is 32.1 Å². The number of Topliss-reactive ketones (excluding diaryl/α,β-unsaturated/α-hetero) is 1. The van der Waals surface area contributed by atoms with Crippen molar-refractivity contribution in [1.82, 2.24) is 5.32 Å². The molecule has 1 aliphatic rings. The van der Waals surface area contributed by atoms with Gasteiger partial charge in [-0.2, -0.15) is 0 Å². The van der Waals surface area contributed by atoms with Gasteiger partial charge in [0.1, 0.15) is 0 Å². The third kappa shape index (κ3) is 3.84. The van der Waals surface area contributed by atoms with Gasteiger partial charge >= 0.3 is 0 Å². The fourth-order valence-electron chi connectivity index (χ4n) is 2.36. The Bertz CT molecular complexity index is 583. The van der Waals surface area contributed by atoms with Crippen LogP contribution in [-0.4, -0.2) is 17.7 Å². The second kappa shape index (κ2) is 7.19. The van der Waals surface area contributed by atoms with E-state index < -0.39 is 11.7 Å². The van der Waals surface area contributed by atoms with Crippen molar-refractivity contribution in [3.05, 3.63) is 31.7 Å². The molecule has 1 saturated carbocycles. The number of carbonyl (C=O) groups excluding carboxylic acids is 2.